The number of halogens is 3. The van der Waals surface area contributed by atoms with Crippen LogP contribution in [0.5, 0.6) is 0 Å². The Balaban J connectivity index is 1.90. The number of nitrogens with two attached hydrogens (primary N) is 1. The lowest BCUT2D eigenvalue weighted by Crippen LogP contribution is -2.24. The van der Waals surface area contributed by atoms with Gasteiger partial charge >= 0.3 is 6.18 Å². The van der Waals surface area contributed by atoms with Crippen molar-refractivity contribution in [3.63, 3.8) is 0 Å². The van der Waals surface area contributed by atoms with E-state index >= 15 is 0 Å². The smallest absolute Gasteiger partial charge is 0.366 e. The molecule has 3 aromatic rings. The summed E-state index contributed by atoms with van der Waals surface area (Å²) in [6.45, 7) is -0.0805. The van der Waals surface area contributed by atoms with Crippen molar-refractivity contribution in [1.29, 1.82) is 0 Å². The molecule has 180 valence electrons. The fourth-order valence-electron chi connectivity index (χ4n) is 2.95. The van der Waals surface area contributed by atoms with Gasteiger partial charge in [0.1, 0.15) is 11.4 Å². The van der Waals surface area contributed by atoms with Gasteiger partial charge in [0, 0.05) is 19.8 Å². The number of para-hydroxylation sites is 1. The Labute approximate surface area is 193 Å². The van der Waals surface area contributed by atoms with Crippen LogP contribution in [0, 0.1) is 0 Å². The summed E-state index contributed by atoms with van der Waals surface area (Å²) in [6, 6.07) is 12.5. The molecule has 0 spiro atoms. The summed E-state index contributed by atoms with van der Waals surface area (Å²) in [5.74, 6) is -1.41. The van der Waals surface area contributed by atoms with Crippen molar-refractivity contribution in [2.75, 3.05) is 28.2 Å². The molecule has 0 atom stereocenters. The fourth-order valence-corrected chi connectivity index (χ4v) is 3.45. The third kappa shape index (κ3) is 5.92. The number of amides is 1. The van der Waals surface area contributed by atoms with Crippen LogP contribution in [0.1, 0.15) is 21.5 Å². The van der Waals surface area contributed by atoms with E-state index in [0.29, 0.717) is 17.4 Å². The molecule has 1 aromatic heterocycles. The highest BCUT2D eigenvalue weighted by Crippen LogP contribution is 2.34. The molecule has 0 saturated carbocycles. The number of alkyl halides is 3. The summed E-state index contributed by atoms with van der Waals surface area (Å²) in [6.07, 6.45) is -3.07. The molecular formula is C21H21F3N6O3S. The van der Waals surface area contributed by atoms with Crippen molar-refractivity contribution < 1.29 is 26.4 Å². The van der Waals surface area contributed by atoms with Gasteiger partial charge in [-0.3, -0.25) is 9.10 Å². The van der Waals surface area contributed by atoms with E-state index in [1.807, 2.05) is 0 Å². The molecule has 3 rings (SSSR count). The SMILES string of the molecule is CN(c1cccc(CNc2nc(Nc3ccccc3C(N)=O)ncc2C(F)(F)F)c1)S(C)(=O)=O. The van der Waals surface area contributed by atoms with Gasteiger partial charge in [-0.1, -0.05) is 24.3 Å². The molecular weight excluding hydrogens is 473 g/mol. The quantitative estimate of drug-likeness (QED) is 0.438. The molecule has 2 aromatic carbocycles. The van der Waals surface area contributed by atoms with Gasteiger partial charge in [-0.05, 0) is 29.8 Å². The number of sulfonamides is 1. The van der Waals surface area contributed by atoms with Crippen LogP contribution in [0.25, 0.3) is 0 Å². The molecule has 0 bridgehead atoms. The second-order valence-corrected chi connectivity index (χ2v) is 9.26. The number of carbonyl (C=O) groups is 1. The zero-order valence-electron chi connectivity index (χ0n) is 18.1. The largest absolute Gasteiger partial charge is 0.421 e. The third-order valence-electron chi connectivity index (χ3n) is 4.76. The first-order valence-corrected chi connectivity index (χ1v) is 11.6. The van der Waals surface area contributed by atoms with E-state index in [4.69, 9.17) is 5.73 Å². The molecule has 1 amide bonds. The summed E-state index contributed by atoms with van der Waals surface area (Å²) in [7, 11) is -2.14. The molecule has 13 heteroatoms. The third-order valence-corrected chi connectivity index (χ3v) is 5.97. The molecule has 0 aliphatic rings. The molecule has 0 unspecified atom stereocenters. The Morgan fingerprint density at radius 2 is 1.85 bits per heavy atom. The average molecular weight is 494 g/mol. The second-order valence-electron chi connectivity index (χ2n) is 7.24. The topological polar surface area (TPSA) is 130 Å². The van der Waals surface area contributed by atoms with Crippen LogP contribution in [0.3, 0.4) is 0 Å². The number of primary amides is 1. The normalized spacial score (nSPS) is 11.7. The monoisotopic (exact) mass is 494 g/mol. The first-order valence-electron chi connectivity index (χ1n) is 9.73. The maximum absolute atomic E-state index is 13.5. The summed E-state index contributed by atoms with van der Waals surface area (Å²) in [5.41, 5.74) is 5.46. The van der Waals surface area contributed by atoms with Crippen LogP contribution in [-0.4, -0.2) is 37.6 Å². The zero-order chi connectivity index (χ0) is 25.1. The minimum atomic E-state index is -4.73. The van der Waals surface area contributed by atoms with Gasteiger partial charge in [0.05, 0.1) is 23.2 Å². The van der Waals surface area contributed by atoms with Gasteiger partial charge in [-0.15, -0.1) is 0 Å². The van der Waals surface area contributed by atoms with Gasteiger partial charge < -0.3 is 16.4 Å². The number of hydrogen-bond acceptors (Lipinski definition) is 7. The number of nitrogens with zero attached hydrogens (tertiary/aromatic N) is 3. The fraction of sp³-hybridized carbons (Fsp3) is 0.190. The summed E-state index contributed by atoms with van der Waals surface area (Å²) in [5, 5.41) is 5.34. The summed E-state index contributed by atoms with van der Waals surface area (Å²) >= 11 is 0. The van der Waals surface area contributed by atoms with E-state index in [1.165, 1.54) is 25.2 Å². The lowest BCUT2D eigenvalue weighted by molar-refractivity contribution is -0.137. The number of benzene rings is 2. The highest BCUT2D eigenvalue weighted by atomic mass is 32.2. The van der Waals surface area contributed by atoms with Gasteiger partial charge in [0.25, 0.3) is 5.91 Å². The van der Waals surface area contributed by atoms with E-state index < -0.39 is 33.5 Å². The standard InChI is InChI=1S/C21H21F3N6O3S/c1-30(34(2,32)33)14-7-5-6-13(10-14)11-26-19-16(21(22,23)24)12-27-20(29-19)28-17-9-4-3-8-15(17)18(25)31/h3-10,12H,11H2,1-2H3,(H2,25,31)(H2,26,27,28,29). The molecule has 0 saturated heterocycles. The van der Waals surface area contributed by atoms with Crippen molar-refractivity contribution in [3.8, 4) is 0 Å². The van der Waals surface area contributed by atoms with Crippen LogP contribution < -0.4 is 20.7 Å². The Morgan fingerprint density at radius 3 is 2.50 bits per heavy atom. The number of aromatic nitrogens is 2. The number of carbonyl (C=O) groups excluding carboxylic acids is 1. The van der Waals surface area contributed by atoms with E-state index in [-0.39, 0.29) is 23.7 Å². The van der Waals surface area contributed by atoms with E-state index in [1.54, 1.807) is 30.3 Å². The highest BCUT2D eigenvalue weighted by molar-refractivity contribution is 7.92. The molecule has 1 heterocycles. The van der Waals surface area contributed by atoms with Crippen LogP contribution in [-0.2, 0) is 22.7 Å². The number of anilines is 4. The lowest BCUT2D eigenvalue weighted by Gasteiger charge is -2.18. The van der Waals surface area contributed by atoms with Crippen LogP contribution in [0.4, 0.5) is 36.3 Å². The maximum atomic E-state index is 13.5. The molecule has 34 heavy (non-hydrogen) atoms. The minimum Gasteiger partial charge on any atom is -0.366 e. The van der Waals surface area contributed by atoms with Crippen molar-refractivity contribution >= 4 is 39.1 Å². The summed E-state index contributed by atoms with van der Waals surface area (Å²) in [4.78, 5) is 19.2. The van der Waals surface area contributed by atoms with Crippen LogP contribution in [0.2, 0.25) is 0 Å². The lowest BCUT2D eigenvalue weighted by atomic mass is 10.1. The average Bonchev–Trinajstić information content (AvgIpc) is 2.76. The Bertz CT molecular complexity index is 1320. The van der Waals surface area contributed by atoms with E-state index in [2.05, 4.69) is 20.6 Å². The predicted molar refractivity (Wildman–Crippen MR) is 122 cm³/mol. The van der Waals surface area contributed by atoms with E-state index in [0.717, 1.165) is 10.6 Å². The molecule has 0 fully saturated rings. The Kier molecular flexibility index (Phi) is 6.96. The molecule has 9 nitrogen and oxygen atoms in total. The highest BCUT2D eigenvalue weighted by Gasteiger charge is 2.35. The van der Waals surface area contributed by atoms with Gasteiger partial charge in [0.15, 0.2) is 0 Å². The zero-order valence-corrected chi connectivity index (χ0v) is 18.9. The predicted octanol–water partition coefficient (Wildman–Crippen LogP) is 3.35. The Morgan fingerprint density at radius 1 is 1.15 bits per heavy atom. The molecule has 4 N–H and O–H groups in total. The van der Waals surface area contributed by atoms with Crippen molar-refractivity contribution in [1.82, 2.24) is 9.97 Å². The van der Waals surface area contributed by atoms with Gasteiger partial charge in [-0.25, -0.2) is 13.4 Å². The van der Waals surface area contributed by atoms with Crippen molar-refractivity contribution in [3.05, 3.63) is 71.4 Å². The molecule has 0 aliphatic carbocycles. The maximum Gasteiger partial charge on any atom is 0.421 e. The number of rotatable bonds is 8. The van der Waals surface area contributed by atoms with E-state index in [9.17, 15) is 26.4 Å². The molecule has 0 aliphatic heterocycles. The number of nitrogens with one attached hydrogen (secondary N) is 2. The van der Waals surface area contributed by atoms with Crippen molar-refractivity contribution in [2.45, 2.75) is 12.7 Å². The first kappa shape index (κ1) is 24.8. The van der Waals surface area contributed by atoms with Gasteiger partial charge in [0.2, 0.25) is 16.0 Å². The van der Waals surface area contributed by atoms with Crippen LogP contribution >= 0.6 is 0 Å². The minimum absolute atomic E-state index is 0.0805. The van der Waals surface area contributed by atoms with Crippen LogP contribution in [0.15, 0.2) is 54.7 Å². The number of hydrogen-bond donors (Lipinski definition) is 3. The second kappa shape index (κ2) is 9.55. The van der Waals surface area contributed by atoms with Crippen molar-refractivity contribution in [2.24, 2.45) is 5.73 Å². The summed E-state index contributed by atoms with van der Waals surface area (Å²) < 4.78 is 65.2. The Hall–Kier alpha value is -3.87. The molecule has 0 radical (unpaired) electrons. The van der Waals surface area contributed by atoms with Gasteiger partial charge in [-0.2, -0.15) is 18.2 Å². The first-order chi connectivity index (χ1) is 15.9.